The first-order chi connectivity index (χ1) is 15.9. The highest BCUT2D eigenvalue weighted by Crippen LogP contribution is 2.21. The molecule has 3 heterocycles. The lowest BCUT2D eigenvalue weighted by Gasteiger charge is -2.20. The summed E-state index contributed by atoms with van der Waals surface area (Å²) >= 11 is 0. The van der Waals surface area contributed by atoms with Crippen LogP contribution in [0.25, 0.3) is 27.8 Å². The van der Waals surface area contributed by atoms with Crippen LogP contribution >= 0.6 is 0 Å². The van der Waals surface area contributed by atoms with E-state index in [9.17, 15) is 14.0 Å². The zero-order valence-electron chi connectivity index (χ0n) is 18.3. The number of benzene rings is 2. The highest BCUT2D eigenvalue weighted by Gasteiger charge is 2.28. The Morgan fingerprint density at radius 1 is 1.15 bits per heavy atom. The number of nitrogens with one attached hydrogen (secondary N) is 1. The number of amides is 1. The van der Waals surface area contributed by atoms with Gasteiger partial charge in [-0.25, -0.2) is 9.07 Å². The predicted octanol–water partition coefficient (Wildman–Crippen LogP) is 2.69. The number of pyridine rings is 1. The summed E-state index contributed by atoms with van der Waals surface area (Å²) < 4.78 is 15.1. The highest BCUT2D eigenvalue weighted by atomic mass is 19.1. The molecule has 1 aliphatic rings. The smallest absolute Gasteiger partial charge is 0.258 e. The van der Waals surface area contributed by atoms with E-state index < -0.39 is 0 Å². The second-order valence-electron chi connectivity index (χ2n) is 8.50. The lowest BCUT2D eigenvalue weighted by molar-refractivity contribution is 0.0783. The average molecular weight is 446 g/mol. The molecule has 1 fully saturated rings. The summed E-state index contributed by atoms with van der Waals surface area (Å²) in [6.07, 6.45) is 2.60. The van der Waals surface area contributed by atoms with Crippen LogP contribution in [0.3, 0.4) is 0 Å². The third kappa shape index (κ3) is 4.03. The van der Waals surface area contributed by atoms with E-state index in [1.165, 1.54) is 22.9 Å². The lowest BCUT2D eigenvalue weighted by atomic mass is 10.1. The van der Waals surface area contributed by atoms with Gasteiger partial charge in [-0.15, -0.1) is 5.10 Å². The maximum Gasteiger partial charge on any atom is 0.258 e. The largest absolute Gasteiger partial charge is 0.337 e. The number of aromatic nitrogens is 4. The first-order valence-electron chi connectivity index (χ1n) is 10.7. The van der Waals surface area contributed by atoms with Crippen LogP contribution in [0.5, 0.6) is 0 Å². The number of carbonyl (C=O) groups excluding carboxylic acids is 1. The number of fused-ring (bicyclic) bond motifs is 1. The molecule has 1 saturated heterocycles. The molecule has 0 aliphatic carbocycles. The van der Waals surface area contributed by atoms with Gasteiger partial charge in [0, 0.05) is 35.6 Å². The van der Waals surface area contributed by atoms with Crippen molar-refractivity contribution in [3.63, 3.8) is 0 Å². The Labute approximate surface area is 189 Å². The number of hydrogen-bond donors (Lipinski definition) is 1. The minimum atomic E-state index is -0.384. The molecule has 0 radical (unpaired) electrons. The van der Waals surface area contributed by atoms with Crippen LogP contribution in [0, 0.1) is 5.82 Å². The van der Waals surface area contributed by atoms with Crippen molar-refractivity contribution in [2.75, 3.05) is 27.2 Å². The molecule has 168 valence electrons. The van der Waals surface area contributed by atoms with Gasteiger partial charge in [0.1, 0.15) is 11.5 Å². The van der Waals surface area contributed by atoms with Gasteiger partial charge < -0.3 is 14.8 Å². The number of H-pyrrole nitrogens is 1. The SMILES string of the molecule is CN(C)[C@H]1CCN(C(=O)c2ccc(-n3cc(-c4cc5cc(F)ccc5[nH]c4=O)nn3)cc2)C1. The van der Waals surface area contributed by atoms with Crippen molar-refractivity contribution in [1.29, 1.82) is 0 Å². The molecule has 1 N–H and O–H groups in total. The number of rotatable bonds is 4. The molecule has 8 nitrogen and oxygen atoms in total. The Hall–Kier alpha value is -3.85. The van der Waals surface area contributed by atoms with Crippen LogP contribution in [0.1, 0.15) is 16.8 Å². The van der Waals surface area contributed by atoms with E-state index in [1.54, 1.807) is 36.5 Å². The Morgan fingerprint density at radius 3 is 2.67 bits per heavy atom. The van der Waals surface area contributed by atoms with Crippen molar-refractivity contribution in [2.45, 2.75) is 12.5 Å². The van der Waals surface area contributed by atoms with E-state index in [0.717, 1.165) is 19.5 Å². The van der Waals surface area contributed by atoms with Crippen molar-refractivity contribution < 1.29 is 9.18 Å². The second-order valence-corrected chi connectivity index (χ2v) is 8.50. The van der Waals surface area contributed by atoms with Gasteiger partial charge in [-0.3, -0.25) is 9.59 Å². The van der Waals surface area contributed by atoms with E-state index in [0.29, 0.717) is 39.5 Å². The lowest BCUT2D eigenvalue weighted by Crippen LogP contribution is -2.34. The van der Waals surface area contributed by atoms with Gasteiger partial charge in [0.2, 0.25) is 0 Å². The van der Waals surface area contributed by atoms with E-state index in [4.69, 9.17) is 0 Å². The quantitative estimate of drug-likeness (QED) is 0.521. The van der Waals surface area contributed by atoms with Gasteiger partial charge in [-0.2, -0.15) is 0 Å². The fourth-order valence-electron chi connectivity index (χ4n) is 4.17. The second kappa shape index (κ2) is 8.25. The molecular weight excluding hydrogens is 423 g/mol. The van der Waals surface area contributed by atoms with Crippen LogP contribution < -0.4 is 5.56 Å². The molecule has 1 aliphatic heterocycles. The molecule has 2 aromatic carbocycles. The van der Waals surface area contributed by atoms with Crippen LogP contribution in [-0.2, 0) is 0 Å². The van der Waals surface area contributed by atoms with E-state index in [1.807, 2.05) is 19.0 Å². The van der Waals surface area contributed by atoms with Crippen molar-refractivity contribution in [2.24, 2.45) is 0 Å². The van der Waals surface area contributed by atoms with Crippen molar-refractivity contribution >= 4 is 16.8 Å². The third-order valence-corrected chi connectivity index (χ3v) is 6.14. The predicted molar refractivity (Wildman–Crippen MR) is 123 cm³/mol. The minimum Gasteiger partial charge on any atom is -0.337 e. The standard InChI is InChI=1S/C24H23FN6O2/c1-29(2)19-9-10-30(13-19)24(33)15-3-6-18(7-4-15)31-14-22(27-28-31)20-12-16-11-17(25)5-8-21(16)26-23(20)32/h3-8,11-12,14,19H,9-10,13H2,1-2H3,(H,26,32)/t19-/m0/s1. The summed E-state index contributed by atoms with van der Waals surface area (Å²) in [5, 5.41) is 8.81. The molecule has 4 aromatic rings. The Morgan fingerprint density at radius 2 is 1.94 bits per heavy atom. The van der Waals surface area contributed by atoms with Crippen molar-refractivity contribution in [3.8, 4) is 16.9 Å². The monoisotopic (exact) mass is 446 g/mol. The summed E-state index contributed by atoms with van der Waals surface area (Å²) in [5.41, 5.74) is 2.22. The molecule has 9 heteroatoms. The molecular formula is C24H23FN6O2. The number of aromatic amines is 1. The summed E-state index contributed by atoms with van der Waals surface area (Å²) in [6, 6.07) is 13.3. The van der Waals surface area contributed by atoms with Crippen LogP contribution in [0.2, 0.25) is 0 Å². The summed E-state index contributed by atoms with van der Waals surface area (Å²) in [6.45, 7) is 1.48. The molecule has 1 atom stereocenters. The fraction of sp³-hybridized carbons (Fsp3) is 0.250. The van der Waals surface area contributed by atoms with Gasteiger partial charge in [0.25, 0.3) is 11.5 Å². The van der Waals surface area contributed by atoms with E-state index >= 15 is 0 Å². The summed E-state index contributed by atoms with van der Waals surface area (Å²) in [4.78, 5) is 32.1. The minimum absolute atomic E-state index is 0.0140. The fourth-order valence-corrected chi connectivity index (χ4v) is 4.17. The molecule has 0 saturated carbocycles. The van der Waals surface area contributed by atoms with Crippen molar-refractivity contribution in [1.82, 2.24) is 29.8 Å². The van der Waals surface area contributed by atoms with Gasteiger partial charge in [0.15, 0.2) is 0 Å². The van der Waals surface area contributed by atoms with Crippen LogP contribution in [-0.4, -0.2) is 68.9 Å². The number of halogens is 1. The average Bonchev–Trinajstić information content (AvgIpc) is 3.49. The molecule has 2 aromatic heterocycles. The zero-order valence-corrected chi connectivity index (χ0v) is 18.3. The normalized spacial score (nSPS) is 16.1. The first-order valence-corrected chi connectivity index (χ1v) is 10.7. The summed E-state index contributed by atoms with van der Waals surface area (Å²) in [7, 11) is 4.06. The van der Waals surface area contributed by atoms with Gasteiger partial charge in [0.05, 0.1) is 17.4 Å². The Bertz CT molecular complexity index is 1390. The Balaban J connectivity index is 1.37. The van der Waals surface area contributed by atoms with Crippen LogP contribution in [0.4, 0.5) is 4.39 Å². The van der Waals surface area contributed by atoms with Gasteiger partial charge >= 0.3 is 0 Å². The van der Waals surface area contributed by atoms with Gasteiger partial charge in [-0.05, 0) is 69.0 Å². The molecule has 0 unspecified atom stereocenters. The van der Waals surface area contributed by atoms with Crippen molar-refractivity contribution in [3.05, 3.63) is 76.5 Å². The van der Waals surface area contributed by atoms with E-state index in [-0.39, 0.29) is 17.3 Å². The Kier molecular flexibility index (Phi) is 5.26. The molecule has 1 amide bonds. The molecule has 0 bridgehead atoms. The zero-order chi connectivity index (χ0) is 23.1. The topological polar surface area (TPSA) is 87.1 Å². The van der Waals surface area contributed by atoms with E-state index in [2.05, 4.69) is 20.2 Å². The number of hydrogen-bond acceptors (Lipinski definition) is 5. The highest BCUT2D eigenvalue weighted by molar-refractivity contribution is 5.94. The number of likely N-dealkylation sites (N-methyl/N-ethyl adjacent to an activating group) is 1. The molecule has 5 rings (SSSR count). The number of likely N-dealkylation sites (tertiary alicyclic amines) is 1. The molecule has 0 spiro atoms. The molecule has 33 heavy (non-hydrogen) atoms. The maximum absolute atomic E-state index is 13.6. The van der Waals surface area contributed by atoms with Gasteiger partial charge in [-0.1, -0.05) is 5.21 Å². The maximum atomic E-state index is 13.6. The number of nitrogens with zero attached hydrogens (tertiary/aromatic N) is 5. The third-order valence-electron chi connectivity index (χ3n) is 6.14. The van der Waals surface area contributed by atoms with Crippen LogP contribution in [0.15, 0.2) is 59.5 Å². The first kappa shape index (κ1) is 21.0. The summed E-state index contributed by atoms with van der Waals surface area (Å²) in [5.74, 6) is -0.370. The number of carbonyl (C=O) groups is 1.